The predicted octanol–water partition coefficient (Wildman–Crippen LogP) is 3.37. The van der Waals surface area contributed by atoms with Gasteiger partial charge in [-0.1, -0.05) is 6.07 Å². The maximum atomic E-state index is 13.7. The van der Waals surface area contributed by atoms with E-state index in [0.717, 1.165) is 11.1 Å². The summed E-state index contributed by atoms with van der Waals surface area (Å²) in [5.41, 5.74) is 5.67. The zero-order valence-corrected chi connectivity index (χ0v) is 14.7. The number of aryl methyl sites for hydroxylation is 2. The molecule has 132 valence electrons. The Morgan fingerprint density at radius 3 is 2.56 bits per heavy atom. The van der Waals surface area contributed by atoms with E-state index in [4.69, 9.17) is 9.47 Å². The Balaban J connectivity index is 1.92. The Morgan fingerprint density at radius 1 is 1.16 bits per heavy atom. The first-order valence-corrected chi connectivity index (χ1v) is 7.78. The van der Waals surface area contributed by atoms with E-state index in [1.54, 1.807) is 13.0 Å². The lowest BCUT2D eigenvalue weighted by Gasteiger charge is -2.08. The molecule has 0 bridgehead atoms. The van der Waals surface area contributed by atoms with Crippen molar-refractivity contribution in [3.63, 3.8) is 0 Å². The molecular formula is C19H21FN2O3. The molecule has 0 atom stereocenters. The van der Waals surface area contributed by atoms with Crippen molar-refractivity contribution < 1.29 is 18.7 Å². The minimum absolute atomic E-state index is 0.155. The molecule has 0 unspecified atom stereocenters. The molecule has 0 aliphatic rings. The van der Waals surface area contributed by atoms with Gasteiger partial charge in [0.2, 0.25) is 0 Å². The van der Waals surface area contributed by atoms with Crippen molar-refractivity contribution in [3.05, 3.63) is 58.9 Å². The third-order valence-electron chi connectivity index (χ3n) is 3.77. The molecule has 25 heavy (non-hydrogen) atoms. The number of ether oxygens (including phenoxy) is 2. The van der Waals surface area contributed by atoms with Crippen LogP contribution in [0.15, 0.2) is 41.5 Å². The lowest BCUT2D eigenvalue weighted by atomic mass is 10.1. The largest absolute Gasteiger partial charge is 0.494 e. The number of methoxy groups -OCH3 is 1. The number of hydrazone groups is 1. The van der Waals surface area contributed by atoms with Gasteiger partial charge in [0.15, 0.2) is 18.2 Å². The Bertz CT molecular complexity index is 803. The van der Waals surface area contributed by atoms with Crippen LogP contribution in [0.25, 0.3) is 0 Å². The number of benzene rings is 2. The maximum absolute atomic E-state index is 13.7. The van der Waals surface area contributed by atoms with Crippen LogP contribution in [-0.2, 0) is 4.79 Å². The zero-order chi connectivity index (χ0) is 18.4. The number of halogens is 1. The monoisotopic (exact) mass is 344 g/mol. The number of hydrogen-bond donors (Lipinski definition) is 1. The van der Waals surface area contributed by atoms with Crippen molar-refractivity contribution in [1.82, 2.24) is 5.43 Å². The van der Waals surface area contributed by atoms with E-state index in [0.29, 0.717) is 17.0 Å². The molecule has 1 N–H and O–H groups in total. The van der Waals surface area contributed by atoms with Crippen LogP contribution < -0.4 is 14.9 Å². The summed E-state index contributed by atoms with van der Waals surface area (Å²) in [5, 5.41) is 3.96. The number of carbonyl (C=O) groups is 1. The van der Waals surface area contributed by atoms with Crippen LogP contribution in [0.1, 0.15) is 23.6 Å². The van der Waals surface area contributed by atoms with Crippen molar-refractivity contribution in [1.29, 1.82) is 0 Å². The lowest BCUT2D eigenvalue weighted by Crippen LogP contribution is -2.25. The fraction of sp³-hybridized carbons (Fsp3) is 0.263. The first-order valence-electron chi connectivity index (χ1n) is 7.78. The zero-order valence-electron chi connectivity index (χ0n) is 14.7. The molecule has 0 saturated heterocycles. The van der Waals surface area contributed by atoms with Crippen LogP contribution >= 0.6 is 0 Å². The molecular weight excluding hydrogens is 323 g/mol. The average Bonchev–Trinajstić information content (AvgIpc) is 2.60. The number of rotatable bonds is 6. The van der Waals surface area contributed by atoms with Crippen molar-refractivity contribution in [2.75, 3.05) is 13.7 Å². The summed E-state index contributed by atoms with van der Waals surface area (Å²) in [6.45, 7) is 5.50. The summed E-state index contributed by atoms with van der Waals surface area (Å²) in [6, 6.07) is 10.1. The van der Waals surface area contributed by atoms with Crippen LogP contribution in [0.3, 0.4) is 0 Å². The van der Waals surface area contributed by atoms with Gasteiger partial charge in [-0.15, -0.1) is 0 Å². The molecule has 0 heterocycles. The molecule has 6 heteroatoms. The Morgan fingerprint density at radius 2 is 1.92 bits per heavy atom. The highest BCUT2D eigenvalue weighted by molar-refractivity contribution is 5.99. The highest BCUT2D eigenvalue weighted by Crippen LogP contribution is 2.18. The third kappa shape index (κ3) is 5.04. The van der Waals surface area contributed by atoms with E-state index in [9.17, 15) is 9.18 Å². The fourth-order valence-electron chi connectivity index (χ4n) is 2.09. The molecule has 1 amide bonds. The molecule has 2 rings (SSSR count). The lowest BCUT2D eigenvalue weighted by molar-refractivity contribution is -0.123. The third-order valence-corrected chi connectivity index (χ3v) is 3.77. The highest BCUT2D eigenvalue weighted by atomic mass is 19.1. The van der Waals surface area contributed by atoms with Crippen LogP contribution in [0.4, 0.5) is 4.39 Å². The van der Waals surface area contributed by atoms with Gasteiger partial charge in [0.1, 0.15) is 5.75 Å². The predicted molar refractivity (Wildman–Crippen MR) is 94.7 cm³/mol. The Labute approximate surface area is 146 Å². The Kier molecular flexibility index (Phi) is 6.11. The van der Waals surface area contributed by atoms with E-state index >= 15 is 0 Å². The van der Waals surface area contributed by atoms with Crippen LogP contribution in [0, 0.1) is 19.7 Å². The molecule has 0 radical (unpaired) electrons. The minimum Gasteiger partial charge on any atom is -0.494 e. The van der Waals surface area contributed by atoms with Crippen LogP contribution in [0.5, 0.6) is 11.5 Å². The van der Waals surface area contributed by atoms with Crippen molar-refractivity contribution in [3.8, 4) is 11.5 Å². The highest BCUT2D eigenvalue weighted by Gasteiger charge is 2.07. The first-order chi connectivity index (χ1) is 11.9. The number of nitrogens with one attached hydrogen (secondary N) is 1. The van der Waals surface area contributed by atoms with Gasteiger partial charge in [0.05, 0.1) is 12.8 Å². The second-order valence-electron chi connectivity index (χ2n) is 5.62. The van der Waals surface area contributed by atoms with E-state index in [-0.39, 0.29) is 12.4 Å². The standard InChI is InChI=1S/C19H21FN2O3/c1-12-5-7-16(9-13(12)2)25-11-19(23)22-21-14(3)15-6-8-18(24-4)17(20)10-15/h5-10H,11H2,1-4H3,(H,22,23)/b21-14-. The maximum Gasteiger partial charge on any atom is 0.277 e. The van der Waals surface area contributed by atoms with E-state index < -0.39 is 11.7 Å². The SMILES string of the molecule is COc1ccc(/C(C)=N\NC(=O)COc2ccc(C)c(C)c2)cc1F. The van der Waals surface area contributed by atoms with Crippen LogP contribution in [-0.4, -0.2) is 25.3 Å². The topological polar surface area (TPSA) is 59.9 Å². The molecule has 0 aliphatic heterocycles. The van der Waals surface area contributed by atoms with Gasteiger partial charge in [-0.3, -0.25) is 4.79 Å². The van der Waals surface area contributed by atoms with Crippen molar-refractivity contribution >= 4 is 11.6 Å². The summed E-state index contributed by atoms with van der Waals surface area (Å²) in [7, 11) is 1.40. The van der Waals surface area contributed by atoms with Gasteiger partial charge < -0.3 is 9.47 Å². The molecule has 0 aliphatic carbocycles. The van der Waals surface area contributed by atoms with E-state index in [2.05, 4.69) is 10.5 Å². The Hall–Kier alpha value is -2.89. The molecule has 2 aromatic carbocycles. The van der Waals surface area contributed by atoms with E-state index in [1.165, 1.54) is 19.2 Å². The first kappa shape index (κ1) is 18.4. The fourth-order valence-corrected chi connectivity index (χ4v) is 2.09. The van der Waals surface area contributed by atoms with Gasteiger partial charge >= 0.3 is 0 Å². The van der Waals surface area contributed by atoms with Gasteiger partial charge in [-0.2, -0.15) is 5.10 Å². The van der Waals surface area contributed by atoms with Crippen LogP contribution in [0.2, 0.25) is 0 Å². The summed E-state index contributed by atoms with van der Waals surface area (Å²) in [5.74, 6) is -0.107. The average molecular weight is 344 g/mol. The summed E-state index contributed by atoms with van der Waals surface area (Å²) in [4.78, 5) is 11.8. The van der Waals surface area contributed by atoms with Gasteiger partial charge in [-0.05, 0) is 62.2 Å². The smallest absolute Gasteiger partial charge is 0.277 e. The molecule has 0 spiro atoms. The minimum atomic E-state index is -0.487. The van der Waals surface area contributed by atoms with Crippen molar-refractivity contribution in [2.45, 2.75) is 20.8 Å². The van der Waals surface area contributed by atoms with Gasteiger partial charge in [-0.25, -0.2) is 9.82 Å². The summed E-state index contributed by atoms with van der Waals surface area (Å²) >= 11 is 0. The number of amides is 1. The number of nitrogens with zero attached hydrogens (tertiary/aromatic N) is 1. The van der Waals surface area contributed by atoms with Gasteiger partial charge in [0, 0.05) is 5.56 Å². The summed E-state index contributed by atoms with van der Waals surface area (Å²) < 4.78 is 24.0. The van der Waals surface area contributed by atoms with E-state index in [1.807, 2.05) is 32.0 Å². The number of hydrogen-bond acceptors (Lipinski definition) is 4. The molecule has 0 saturated carbocycles. The summed E-state index contributed by atoms with van der Waals surface area (Å²) in [6.07, 6.45) is 0. The van der Waals surface area contributed by atoms with Gasteiger partial charge in [0.25, 0.3) is 5.91 Å². The molecule has 2 aromatic rings. The molecule has 0 fully saturated rings. The number of carbonyl (C=O) groups excluding carboxylic acids is 1. The molecule has 0 aromatic heterocycles. The quantitative estimate of drug-likeness (QED) is 0.646. The second kappa shape index (κ2) is 8.28. The normalized spacial score (nSPS) is 11.2. The second-order valence-corrected chi connectivity index (χ2v) is 5.62. The van der Waals surface area contributed by atoms with Crippen molar-refractivity contribution in [2.24, 2.45) is 5.10 Å². The molecule has 5 nitrogen and oxygen atoms in total.